The standard InChI is InChI=1S/C19H22N4O2/c1-12-4-6-15(7-5-12)17-10-8-16(25-17)9-11-18(24)20-13(2)19-21-14(3)22-23-19/h4-8,10,13H,9,11H2,1-3H3,(H,20,24)(H,21,22,23). The van der Waals surface area contributed by atoms with E-state index in [-0.39, 0.29) is 11.9 Å². The average Bonchev–Trinajstić information content (AvgIpc) is 3.23. The third-order valence-electron chi connectivity index (χ3n) is 3.98. The summed E-state index contributed by atoms with van der Waals surface area (Å²) in [6.07, 6.45) is 0.909. The first-order chi connectivity index (χ1) is 12.0. The number of nitrogens with zero attached hydrogens (tertiary/aromatic N) is 2. The molecule has 25 heavy (non-hydrogen) atoms. The smallest absolute Gasteiger partial charge is 0.221 e. The van der Waals surface area contributed by atoms with Crippen LogP contribution >= 0.6 is 0 Å². The molecule has 0 saturated heterocycles. The summed E-state index contributed by atoms with van der Waals surface area (Å²) in [5.41, 5.74) is 2.25. The van der Waals surface area contributed by atoms with Crippen LogP contribution in [0.3, 0.4) is 0 Å². The van der Waals surface area contributed by atoms with E-state index in [0.717, 1.165) is 22.9 Å². The second-order valence-corrected chi connectivity index (χ2v) is 6.20. The van der Waals surface area contributed by atoms with Gasteiger partial charge < -0.3 is 9.73 Å². The first-order valence-electron chi connectivity index (χ1n) is 8.35. The van der Waals surface area contributed by atoms with Crippen LogP contribution in [0.1, 0.15) is 42.4 Å². The van der Waals surface area contributed by atoms with Crippen molar-refractivity contribution < 1.29 is 9.21 Å². The normalized spacial score (nSPS) is 12.1. The fourth-order valence-corrected chi connectivity index (χ4v) is 2.55. The molecule has 1 unspecified atom stereocenters. The number of H-pyrrole nitrogens is 1. The Morgan fingerprint density at radius 1 is 1.20 bits per heavy atom. The van der Waals surface area contributed by atoms with Crippen LogP contribution in [0.5, 0.6) is 0 Å². The van der Waals surface area contributed by atoms with Gasteiger partial charge in [-0.3, -0.25) is 9.89 Å². The second-order valence-electron chi connectivity index (χ2n) is 6.20. The third kappa shape index (κ3) is 4.35. The Hall–Kier alpha value is -2.89. The van der Waals surface area contributed by atoms with E-state index in [1.165, 1.54) is 5.56 Å². The van der Waals surface area contributed by atoms with Crippen molar-refractivity contribution in [3.63, 3.8) is 0 Å². The van der Waals surface area contributed by atoms with Crippen molar-refractivity contribution >= 4 is 5.91 Å². The maximum atomic E-state index is 12.1. The predicted molar refractivity (Wildman–Crippen MR) is 94.9 cm³/mol. The molecule has 6 heteroatoms. The topological polar surface area (TPSA) is 83.8 Å². The van der Waals surface area contributed by atoms with Crippen molar-refractivity contribution in [1.82, 2.24) is 20.5 Å². The second kappa shape index (κ2) is 7.34. The van der Waals surface area contributed by atoms with Gasteiger partial charge in [-0.25, -0.2) is 4.98 Å². The van der Waals surface area contributed by atoms with Crippen LogP contribution in [-0.2, 0) is 11.2 Å². The monoisotopic (exact) mass is 338 g/mol. The Labute approximate surface area is 146 Å². The maximum Gasteiger partial charge on any atom is 0.221 e. The van der Waals surface area contributed by atoms with Gasteiger partial charge in [0.15, 0.2) is 5.82 Å². The molecule has 3 aromatic rings. The van der Waals surface area contributed by atoms with Gasteiger partial charge in [0.1, 0.15) is 17.3 Å². The number of aromatic amines is 1. The highest BCUT2D eigenvalue weighted by Crippen LogP contribution is 2.23. The number of furan rings is 1. The molecule has 2 heterocycles. The number of nitrogens with one attached hydrogen (secondary N) is 2. The summed E-state index contributed by atoms with van der Waals surface area (Å²) < 4.78 is 5.84. The zero-order valence-electron chi connectivity index (χ0n) is 14.7. The van der Waals surface area contributed by atoms with E-state index < -0.39 is 0 Å². The first kappa shape index (κ1) is 17.0. The Bertz CT molecular complexity index is 848. The molecule has 0 spiro atoms. The summed E-state index contributed by atoms with van der Waals surface area (Å²) in [7, 11) is 0. The Morgan fingerprint density at radius 2 is 1.96 bits per heavy atom. The number of benzene rings is 1. The lowest BCUT2D eigenvalue weighted by molar-refractivity contribution is -0.121. The molecule has 0 aliphatic rings. The summed E-state index contributed by atoms with van der Waals surface area (Å²) >= 11 is 0. The number of carbonyl (C=O) groups excluding carboxylic acids is 1. The van der Waals surface area contributed by atoms with Crippen LogP contribution in [0, 0.1) is 13.8 Å². The van der Waals surface area contributed by atoms with Gasteiger partial charge >= 0.3 is 0 Å². The number of carbonyl (C=O) groups is 1. The lowest BCUT2D eigenvalue weighted by Gasteiger charge is -2.09. The van der Waals surface area contributed by atoms with E-state index in [2.05, 4.69) is 39.6 Å². The zero-order chi connectivity index (χ0) is 17.8. The minimum atomic E-state index is -0.225. The van der Waals surface area contributed by atoms with Crippen molar-refractivity contribution in [2.24, 2.45) is 0 Å². The molecular formula is C19H22N4O2. The highest BCUT2D eigenvalue weighted by atomic mass is 16.3. The van der Waals surface area contributed by atoms with E-state index >= 15 is 0 Å². The van der Waals surface area contributed by atoms with Gasteiger partial charge in [0.05, 0.1) is 6.04 Å². The van der Waals surface area contributed by atoms with E-state index in [0.29, 0.717) is 18.7 Å². The van der Waals surface area contributed by atoms with E-state index in [4.69, 9.17) is 4.42 Å². The van der Waals surface area contributed by atoms with Crippen molar-refractivity contribution in [3.05, 3.63) is 59.4 Å². The van der Waals surface area contributed by atoms with E-state index in [9.17, 15) is 4.79 Å². The molecule has 1 atom stereocenters. The fraction of sp³-hybridized carbons (Fsp3) is 0.316. The number of hydrogen-bond donors (Lipinski definition) is 2. The highest BCUT2D eigenvalue weighted by Gasteiger charge is 2.14. The minimum Gasteiger partial charge on any atom is -0.461 e. The molecule has 0 aliphatic carbocycles. The van der Waals surface area contributed by atoms with Crippen LogP contribution in [0.25, 0.3) is 11.3 Å². The SMILES string of the molecule is Cc1ccc(-c2ccc(CCC(=O)NC(C)c3n[nH]c(C)n3)o2)cc1. The Kier molecular flexibility index (Phi) is 4.97. The van der Waals surface area contributed by atoms with Crippen LogP contribution in [0.4, 0.5) is 0 Å². The highest BCUT2D eigenvalue weighted by molar-refractivity contribution is 5.76. The van der Waals surface area contributed by atoms with Crippen molar-refractivity contribution in [2.75, 3.05) is 0 Å². The number of amides is 1. The Morgan fingerprint density at radius 3 is 2.64 bits per heavy atom. The molecule has 6 nitrogen and oxygen atoms in total. The van der Waals surface area contributed by atoms with Crippen molar-refractivity contribution in [1.29, 1.82) is 0 Å². The molecule has 2 aromatic heterocycles. The summed E-state index contributed by atoms with van der Waals surface area (Å²) in [6, 6.07) is 11.8. The van der Waals surface area contributed by atoms with Crippen molar-refractivity contribution in [3.8, 4) is 11.3 Å². The molecule has 3 rings (SSSR count). The maximum absolute atomic E-state index is 12.1. The summed E-state index contributed by atoms with van der Waals surface area (Å²) in [5, 5.41) is 9.73. The first-order valence-corrected chi connectivity index (χ1v) is 8.35. The number of aromatic nitrogens is 3. The molecule has 130 valence electrons. The van der Waals surface area contributed by atoms with Crippen LogP contribution in [0.2, 0.25) is 0 Å². The van der Waals surface area contributed by atoms with Crippen LogP contribution in [-0.4, -0.2) is 21.1 Å². The van der Waals surface area contributed by atoms with Gasteiger partial charge in [0, 0.05) is 18.4 Å². The molecule has 1 aromatic carbocycles. The molecule has 0 radical (unpaired) electrons. The van der Waals surface area contributed by atoms with E-state index in [1.54, 1.807) is 0 Å². The number of rotatable bonds is 6. The van der Waals surface area contributed by atoms with Gasteiger partial charge in [0.25, 0.3) is 0 Å². The van der Waals surface area contributed by atoms with Gasteiger partial charge in [-0.1, -0.05) is 29.8 Å². The molecule has 0 aliphatic heterocycles. The van der Waals surface area contributed by atoms with E-state index in [1.807, 2.05) is 38.1 Å². The lowest BCUT2D eigenvalue weighted by Crippen LogP contribution is -2.27. The summed E-state index contributed by atoms with van der Waals surface area (Å²) in [4.78, 5) is 16.3. The van der Waals surface area contributed by atoms with Crippen LogP contribution < -0.4 is 5.32 Å². The predicted octanol–water partition coefficient (Wildman–Crippen LogP) is 3.49. The molecule has 2 N–H and O–H groups in total. The number of aryl methyl sites for hydroxylation is 3. The third-order valence-corrected chi connectivity index (χ3v) is 3.98. The van der Waals surface area contributed by atoms with Gasteiger partial charge in [-0.05, 0) is 32.9 Å². The fourth-order valence-electron chi connectivity index (χ4n) is 2.55. The average molecular weight is 338 g/mol. The van der Waals surface area contributed by atoms with Gasteiger partial charge in [-0.2, -0.15) is 5.10 Å². The summed E-state index contributed by atoms with van der Waals surface area (Å²) in [5.74, 6) is 2.89. The lowest BCUT2D eigenvalue weighted by atomic mass is 10.1. The molecule has 0 saturated carbocycles. The molecular weight excluding hydrogens is 316 g/mol. The minimum absolute atomic E-state index is 0.0526. The molecule has 0 fully saturated rings. The quantitative estimate of drug-likeness (QED) is 0.720. The largest absolute Gasteiger partial charge is 0.461 e. The number of hydrogen-bond acceptors (Lipinski definition) is 4. The van der Waals surface area contributed by atoms with Gasteiger partial charge in [-0.15, -0.1) is 0 Å². The van der Waals surface area contributed by atoms with Gasteiger partial charge in [0.2, 0.25) is 5.91 Å². The molecule has 0 bridgehead atoms. The van der Waals surface area contributed by atoms with Crippen molar-refractivity contribution in [2.45, 2.75) is 39.7 Å². The summed E-state index contributed by atoms with van der Waals surface area (Å²) in [6.45, 7) is 5.74. The Balaban J connectivity index is 1.53. The molecule has 1 amide bonds. The zero-order valence-corrected chi connectivity index (χ0v) is 14.7. The van der Waals surface area contributed by atoms with Crippen LogP contribution in [0.15, 0.2) is 40.8 Å².